The van der Waals surface area contributed by atoms with E-state index < -0.39 is 5.97 Å². The second kappa shape index (κ2) is 5.83. The van der Waals surface area contributed by atoms with E-state index in [-0.39, 0.29) is 29.3 Å². The number of aromatic carboxylic acids is 1. The van der Waals surface area contributed by atoms with Gasteiger partial charge in [-0.2, -0.15) is 0 Å². The lowest BCUT2D eigenvalue weighted by Crippen LogP contribution is -2.02. The number of hydrogen-bond donors (Lipinski definition) is 1. The molecule has 2 rings (SSSR count). The first-order valence-corrected chi connectivity index (χ1v) is 5.47. The van der Waals surface area contributed by atoms with Crippen molar-refractivity contribution >= 4 is 5.97 Å². The number of carboxylic acids is 1. The third-order valence-corrected chi connectivity index (χ3v) is 2.23. The van der Waals surface area contributed by atoms with E-state index in [4.69, 9.17) is 19.3 Å². The van der Waals surface area contributed by atoms with Gasteiger partial charge in [-0.1, -0.05) is 6.07 Å². The summed E-state index contributed by atoms with van der Waals surface area (Å²) in [6, 6.07) is 5.93. The standard InChI is InChI=1S/C12H11N3O5/c1-18-10-13-11(19-2)15-12(14-10)20-8-5-3-4-7(6-8)9(16)17/h3-6H,1-2H3,(H,16,17). The van der Waals surface area contributed by atoms with Crippen molar-refractivity contribution in [2.75, 3.05) is 14.2 Å². The number of hydrogen-bond acceptors (Lipinski definition) is 7. The molecule has 104 valence electrons. The van der Waals surface area contributed by atoms with E-state index in [1.807, 2.05) is 0 Å². The van der Waals surface area contributed by atoms with Crippen LogP contribution < -0.4 is 14.2 Å². The minimum Gasteiger partial charge on any atom is -0.478 e. The number of methoxy groups -OCH3 is 2. The van der Waals surface area contributed by atoms with Crippen molar-refractivity contribution in [2.45, 2.75) is 0 Å². The molecule has 0 spiro atoms. The first kappa shape index (κ1) is 13.5. The molecule has 0 radical (unpaired) electrons. The topological polar surface area (TPSA) is 104 Å². The zero-order valence-corrected chi connectivity index (χ0v) is 10.7. The number of rotatable bonds is 5. The van der Waals surface area contributed by atoms with Gasteiger partial charge in [-0.3, -0.25) is 0 Å². The molecule has 0 bridgehead atoms. The minimum absolute atomic E-state index is 0.0289. The molecule has 0 fully saturated rings. The van der Waals surface area contributed by atoms with Crippen molar-refractivity contribution in [1.82, 2.24) is 15.0 Å². The summed E-state index contributed by atoms with van der Waals surface area (Å²) in [7, 11) is 2.78. The van der Waals surface area contributed by atoms with Crippen molar-refractivity contribution in [1.29, 1.82) is 0 Å². The highest BCUT2D eigenvalue weighted by molar-refractivity contribution is 5.88. The van der Waals surface area contributed by atoms with Gasteiger partial charge >= 0.3 is 24.0 Å². The number of ether oxygens (including phenoxy) is 3. The van der Waals surface area contributed by atoms with Crippen LogP contribution in [0.1, 0.15) is 10.4 Å². The van der Waals surface area contributed by atoms with Crippen LogP contribution in [0.25, 0.3) is 0 Å². The maximum atomic E-state index is 10.9. The van der Waals surface area contributed by atoms with Crippen molar-refractivity contribution < 1.29 is 24.1 Å². The first-order valence-electron chi connectivity index (χ1n) is 5.47. The fourth-order valence-corrected chi connectivity index (χ4v) is 1.35. The Morgan fingerprint density at radius 3 is 2.20 bits per heavy atom. The van der Waals surface area contributed by atoms with Gasteiger partial charge in [0.1, 0.15) is 5.75 Å². The molecule has 0 unspecified atom stereocenters. The molecule has 0 aliphatic heterocycles. The van der Waals surface area contributed by atoms with E-state index in [0.29, 0.717) is 0 Å². The van der Waals surface area contributed by atoms with Crippen LogP contribution in [0.2, 0.25) is 0 Å². The number of aromatic nitrogens is 3. The third-order valence-electron chi connectivity index (χ3n) is 2.23. The van der Waals surface area contributed by atoms with Crippen LogP contribution in [0.15, 0.2) is 24.3 Å². The zero-order valence-electron chi connectivity index (χ0n) is 10.7. The van der Waals surface area contributed by atoms with Gasteiger partial charge in [0, 0.05) is 0 Å². The van der Waals surface area contributed by atoms with E-state index in [1.54, 1.807) is 12.1 Å². The lowest BCUT2D eigenvalue weighted by Gasteiger charge is -2.06. The number of carboxylic acid groups (broad SMARTS) is 1. The molecule has 0 atom stereocenters. The molecule has 1 N–H and O–H groups in total. The van der Waals surface area contributed by atoms with Crippen molar-refractivity contribution in [3.05, 3.63) is 29.8 Å². The van der Waals surface area contributed by atoms with Gasteiger partial charge in [0.2, 0.25) is 0 Å². The highest BCUT2D eigenvalue weighted by Crippen LogP contribution is 2.22. The second-order valence-corrected chi connectivity index (χ2v) is 3.53. The molecule has 0 aliphatic rings. The van der Waals surface area contributed by atoms with Gasteiger partial charge < -0.3 is 19.3 Å². The summed E-state index contributed by atoms with van der Waals surface area (Å²) >= 11 is 0. The highest BCUT2D eigenvalue weighted by atomic mass is 16.5. The fourth-order valence-electron chi connectivity index (χ4n) is 1.35. The summed E-state index contributed by atoms with van der Waals surface area (Å²) in [5.41, 5.74) is 0.0930. The minimum atomic E-state index is -1.05. The third kappa shape index (κ3) is 3.10. The predicted octanol–water partition coefficient (Wildman–Crippen LogP) is 1.38. The summed E-state index contributed by atoms with van der Waals surface area (Å²) in [6.07, 6.45) is 0. The van der Waals surface area contributed by atoms with Gasteiger partial charge in [0.15, 0.2) is 0 Å². The van der Waals surface area contributed by atoms with E-state index >= 15 is 0 Å². The molecule has 8 heteroatoms. The molecular formula is C12H11N3O5. The van der Waals surface area contributed by atoms with Gasteiger partial charge in [-0.15, -0.1) is 15.0 Å². The van der Waals surface area contributed by atoms with Crippen LogP contribution in [0.5, 0.6) is 23.8 Å². The average molecular weight is 277 g/mol. The van der Waals surface area contributed by atoms with Crippen LogP contribution in [-0.4, -0.2) is 40.2 Å². The van der Waals surface area contributed by atoms with E-state index in [2.05, 4.69) is 15.0 Å². The van der Waals surface area contributed by atoms with E-state index in [9.17, 15) is 4.79 Å². The Hall–Kier alpha value is -2.90. The number of nitrogens with zero attached hydrogens (tertiary/aromatic N) is 3. The summed E-state index contributed by atoms with van der Waals surface area (Å²) in [4.78, 5) is 22.4. The van der Waals surface area contributed by atoms with Gasteiger partial charge in [0.05, 0.1) is 19.8 Å². The van der Waals surface area contributed by atoms with Gasteiger partial charge in [-0.05, 0) is 18.2 Å². The normalized spacial score (nSPS) is 9.90. The van der Waals surface area contributed by atoms with Crippen molar-refractivity contribution in [3.63, 3.8) is 0 Å². The molecule has 1 aromatic carbocycles. The smallest absolute Gasteiger partial charge is 0.335 e. The lowest BCUT2D eigenvalue weighted by atomic mass is 10.2. The van der Waals surface area contributed by atoms with E-state index in [1.165, 1.54) is 26.4 Å². The highest BCUT2D eigenvalue weighted by Gasteiger charge is 2.10. The molecule has 2 aromatic rings. The van der Waals surface area contributed by atoms with E-state index in [0.717, 1.165) is 0 Å². The molecule has 0 amide bonds. The first-order chi connectivity index (χ1) is 9.62. The SMILES string of the molecule is COc1nc(OC)nc(Oc2cccc(C(=O)O)c2)n1. The zero-order chi connectivity index (χ0) is 14.5. The number of carbonyl (C=O) groups is 1. The Kier molecular flexibility index (Phi) is 3.94. The monoisotopic (exact) mass is 277 g/mol. The molecule has 1 heterocycles. The van der Waals surface area contributed by atoms with Gasteiger partial charge in [-0.25, -0.2) is 4.79 Å². The maximum Gasteiger partial charge on any atom is 0.335 e. The van der Waals surface area contributed by atoms with Crippen LogP contribution >= 0.6 is 0 Å². The molecule has 0 saturated heterocycles. The average Bonchev–Trinajstić information content (AvgIpc) is 2.47. The summed E-state index contributed by atoms with van der Waals surface area (Å²) in [5, 5.41) is 8.90. The molecule has 1 aromatic heterocycles. The van der Waals surface area contributed by atoms with Crippen LogP contribution in [0, 0.1) is 0 Å². The van der Waals surface area contributed by atoms with Crippen LogP contribution in [0.3, 0.4) is 0 Å². The summed E-state index contributed by atoms with van der Waals surface area (Å²) in [5.74, 6) is -0.776. The molecule has 20 heavy (non-hydrogen) atoms. The maximum absolute atomic E-state index is 10.9. The Bertz CT molecular complexity index is 610. The molecule has 0 aliphatic carbocycles. The molecular weight excluding hydrogens is 266 g/mol. The summed E-state index contributed by atoms with van der Waals surface area (Å²) < 4.78 is 15.1. The molecule has 0 saturated carbocycles. The fraction of sp³-hybridized carbons (Fsp3) is 0.167. The summed E-state index contributed by atoms with van der Waals surface area (Å²) in [6.45, 7) is 0. The second-order valence-electron chi connectivity index (χ2n) is 3.53. The van der Waals surface area contributed by atoms with Crippen molar-refractivity contribution in [3.8, 4) is 23.8 Å². The Morgan fingerprint density at radius 1 is 1.05 bits per heavy atom. The largest absolute Gasteiger partial charge is 0.478 e. The number of benzene rings is 1. The Morgan fingerprint density at radius 2 is 1.65 bits per heavy atom. The van der Waals surface area contributed by atoms with Gasteiger partial charge in [0.25, 0.3) is 0 Å². The Labute approximate surface area is 114 Å². The van der Waals surface area contributed by atoms with Crippen LogP contribution in [0.4, 0.5) is 0 Å². The molecule has 8 nitrogen and oxygen atoms in total. The predicted molar refractivity (Wildman–Crippen MR) is 66.4 cm³/mol. The van der Waals surface area contributed by atoms with Crippen LogP contribution in [-0.2, 0) is 0 Å². The lowest BCUT2D eigenvalue weighted by molar-refractivity contribution is 0.0696. The quantitative estimate of drug-likeness (QED) is 0.874. The van der Waals surface area contributed by atoms with Crippen molar-refractivity contribution in [2.24, 2.45) is 0 Å². The Balaban J connectivity index is 2.29.